The Bertz CT molecular complexity index is 100. The number of ether oxygens (including phenoxy) is 3. The minimum Gasteiger partial charge on any atom is -0.491 e. The van der Waals surface area contributed by atoms with Gasteiger partial charge < -0.3 is 14.2 Å². The third kappa shape index (κ3) is 1.93. The lowest BCUT2D eigenvalue weighted by Gasteiger charge is -2.18. The van der Waals surface area contributed by atoms with Crippen LogP contribution in [0.25, 0.3) is 0 Å². The average Bonchev–Trinajstić information content (AvgIpc) is 1.91. The maximum absolute atomic E-state index is 5.08. The quantitative estimate of drug-likeness (QED) is 0.555. The minimum atomic E-state index is -0.208. The van der Waals surface area contributed by atoms with E-state index >= 15 is 0 Å². The molecular weight excluding hydrogens is 120 g/mol. The molecule has 0 spiro atoms. The molecule has 0 N–H and O–H groups in total. The molecule has 0 fully saturated rings. The lowest BCUT2D eigenvalue weighted by atomic mass is 10.6. The largest absolute Gasteiger partial charge is 0.491 e. The van der Waals surface area contributed by atoms with Crippen LogP contribution in [0.2, 0.25) is 0 Å². The second kappa shape index (κ2) is 3.35. The SMILES string of the molecule is CCOC1COC=CO1. The summed E-state index contributed by atoms with van der Waals surface area (Å²) in [6.07, 6.45) is 2.79. The van der Waals surface area contributed by atoms with Gasteiger partial charge in [-0.15, -0.1) is 0 Å². The summed E-state index contributed by atoms with van der Waals surface area (Å²) in [4.78, 5) is 0. The van der Waals surface area contributed by atoms with E-state index in [9.17, 15) is 0 Å². The van der Waals surface area contributed by atoms with Crippen LogP contribution >= 0.6 is 0 Å². The average molecular weight is 130 g/mol. The third-order valence-corrected chi connectivity index (χ3v) is 0.967. The highest BCUT2D eigenvalue weighted by Gasteiger charge is 2.09. The first-order valence-electron chi connectivity index (χ1n) is 2.97. The van der Waals surface area contributed by atoms with Gasteiger partial charge in [-0.2, -0.15) is 0 Å². The molecule has 0 aromatic rings. The fraction of sp³-hybridized carbons (Fsp3) is 0.667. The number of hydrogen-bond acceptors (Lipinski definition) is 3. The number of rotatable bonds is 2. The molecular formula is C6H10O3. The van der Waals surface area contributed by atoms with E-state index in [4.69, 9.17) is 14.2 Å². The van der Waals surface area contributed by atoms with Crippen LogP contribution in [0.3, 0.4) is 0 Å². The van der Waals surface area contributed by atoms with Crippen molar-refractivity contribution in [1.29, 1.82) is 0 Å². The Morgan fingerprint density at radius 1 is 1.67 bits per heavy atom. The van der Waals surface area contributed by atoms with E-state index in [1.807, 2.05) is 6.92 Å². The van der Waals surface area contributed by atoms with E-state index in [0.717, 1.165) is 0 Å². The van der Waals surface area contributed by atoms with Crippen LogP contribution in [-0.4, -0.2) is 19.5 Å². The minimum absolute atomic E-state index is 0.208. The zero-order valence-corrected chi connectivity index (χ0v) is 5.37. The lowest BCUT2D eigenvalue weighted by molar-refractivity contribution is -0.144. The molecule has 52 valence electrons. The zero-order chi connectivity index (χ0) is 6.53. The van der Waals surface area contributed by atoms with Gasteiger partial charge in [0.15, 0.2) is 0 Å². The third-order valence-electron chi connectivity index (χ3n) is 0.967. The first kappa shape index (κ1) is 6.42. The van der Waals surface area contributed by atoms with Crippen molar-refractivity contribution < 1.29 is 14.2 Å². The molecule has 0 saturated carbocycles. The van der Waals surface area contributed by atoms with Crippen LogP contribution in [0.4, 0.5) is 0 Å². The van der Waals surface area contributed by atoms with Gasteiger partial charge in [-0.3, -0.25) is 0 Å². The molecule has 0 radical (unpaired) electrons. The highest BCUT2D eigenvalue weighted by molar-refractivity contribution is 4.67. The van der Waals surface area contributed by atoms with E-state index in [1.54, 1.807) is 0 Å². The first-order valence-corrected chi connectivity index (χ1v) is 2.97. The second-order valence-electron chi connectivity index (χ2n) is 1.63. The van der Waals surface area contributed by atoms with Crippen LogP contribution in [0.5, 0.6) is 0 Å². The van der Waals surface area contributed by atoms with Crippen LogP contribution in [0, 0.1) is 0 Å². The predicted molar refractivity (Wildman–Crippen MR) is 31.6 cm³/mol. The molecule has 1 unspecified atom stereocenters. The van der Waals surface area contributed by atoms with Gasteiger partial charge in [-0.1, -0.05) is 0 Å². The van der Waals surface area contributed by atoms with Gasteiger partial charge in [0.1, 0.15) is 19.1 Å². The van der Waals surface area contributed by atoms with Crippen molar-refractivity contribution in [2.75, 3.05) is 13.2 Å². The molecule has 0 aromatic heterocycles. The molecule has 3 nitrogen and oxygen atoms in total. The lowest BCUT2D eigenvalue weighted by Crippen LogP contribution is -2.22. The zero-order valence-electron chi connectivity index (χ0n) is 5.37. The van der Waals surface area contributed by atoms with Gasteiger partial charge in [0, 0.05) is 6.61 Å². The van der Waals surface area contributed by atoms with Crippen molar-refractivity contribution in [3.05, 3.63) is 12.5 Å². The Hall–Kier alpha value is -0.700. The Labute approximate surface area is 54.2 Å². The van der Waals surface area contributed by atoms with E-state index in [2.05, 4.69) is 0 Å². The van der Waals surface area contributed by atoms with E-state index in [1.165, 1.54) is 12.5 Å². The summed E-state index contributed by atoms with van der Waals surface area (Å²) in [6, 6.07) is 0. The molecule has 0 aliphatic carbocycles. The maximum atomic E-state index is 5.08. The van der Waals surface area contributed by atoms with Gasteiger partial charge in [0.05, 0.1) is 0 Å². The Morgan fingerprint density at radius 3 is 3.11 bits per heavy atom. The monoisotopic (exact) mass is 130 g/mol. The molecule has 0 saturated heterocycles. The second-order valence-corrected chi connectivity index (χ2v) is 1.63. The molecule has 3 heteroatoms. The predicted octanol–water partition coefficient (Wildman–Crippen LogP) is 0.867. The van der Waals surface area contributed by atoms with Crippen molar-refractivity contribution in [3.63, 3.8) is 0 Å². The molecule has 1 aliphatic rings. The maximum Gasteiger partial charge on any atom is 0.233 e. The van der Waals surface area contributed by atoms with Gasteiger partial charge >= 0.3 is 0 Å². The van der Waals surface area contributed by atoms with Gasteiger partial charge in [-0.25, -0.2) is 0 Å². The fourth-order valence-electron chi connectivity index (χ4n) is 0.606. The van der Waals surface area contributed by atoms with Crippen molar-refractivity contribution in [2.45, 2.75) is 13.2 Å². The summed E-state index contributed by atoms with van der Waals surface area (Å²) < 4.78 is 15.0. The first-order chi connectivity index (χ1) is 4.43. The van der Waals surface area contributed by atoms with Crippen molar-refractivity contribution in [1.82, 2.24) is 0 Å². The van der Waals surface area contributed by atoms with Crippen molar-refractivity contribution >= 4 is 0 Å². The molecule has 0 amide bonds. The van der Waals surface area contributed by atoms with Gasteiger partial charge in [0.25, 0.3) is 0 Å². The Balaban J connectivity index is 2.18. The molecule has 1 aliphatic heterocycles. The summed E-state index contributed by atoms with van der Waals surface area (Å²) in [5, 5.41) is 0. The van der Waals surface area contributed by atoms with E-state index in [0.29, 0.717) is 13.2 Å². The smallest absolute Gasteiger partial charge is 0.233 e. The fourth-order valence-corrected chi connectivity index (χ4v) is 0.606. The standard InChI is InChI=1S/C6H10O3/c1-2-8-6-5-7-3-4-9-6/h3-4,6H,2,5H2,1H3. The molecule has 0 bridgehead atoms. The van der Waals surface area contributed by atoms with Gasteiger partial charge in [-0.05, 0) is 6.92 Å². The summed E-state index contributed by atoms with van der Waals surface area (Å²) in [5.41, 5.74) is 0. The van der Waals surface area contributed by atoms with Crippen molar-refractivity contribution in [2.24, 2.45) is 0 Å². The highest BCUT2D eigenvalue weighted by atomic mass is 16.7. The molecule has 1 atom stereocenters. The summed E-state index contributed by atoms with van der Waals surface area (Å²) in [5.74, 6) is 0. The van der Waals surface area contributed by atoms with Crippen LogP contribution < -0.4 is 0 Å². The topological polar surface area (TPSA) is 27.7 Å². The van der Waals surface area contributed by atoms with Gasteiger partial charge in [0.2, 0.25) is 6.29 Å². The molecule has 1 rings (SSSR count). The Kier molecular flexibility index (Phi) is 2.39. The summed E-state index contributed by atoms with van der Waals surface area (Å²) in [7, 11) is 0. The molecule has 0 aromatic carbocycles. The van der Waals surface area contributed by atoms with Crippen molar-refractivity contribution in [3.8, 4) is 0 Å². The van der Waals surface area contributed by atoms with E-state index in [-0.39, 0.29) is 6.29 Å². The molecule has 1 heterocycles. The number of hydrogen-bond donors (Lipinski definition) is 0. The van der Waals surface area contributed by atoms with Crippen LogP contribution in [-0.2, 0) is 14.2 Å². The summed E-state index contributed by atoms with van der Waals surface area (Å²) in [6.45, 7) is 3.06. The normalized spacial score (nSPS) is 24.8. The highest BCUT2D eigenvalue weighted by Crippen LogP contribution is 2.02. The summed E-state index contributed by atoms with van der Waals surface area (Å²) >= 11 is 0. The Morgan fingerprint density at radius 2 is 2.56 bits per heavy atom. The molecule has 9 heavy (non-hydrogen) atoms. The van der Waals surface area contributed by atoms with E-state index < -0.39 is 0 Å². The van der Waals surface area contributed by atoms with Crippen LogP contribution in [0.1, 0.15) is 6.92 Å². The van der Waals surface area contributed by atoms with Crippen LogP contribution in [0.15, 0.2) is 12.5 Å².